The molecule has 2 aliphatic carbocycles. The van der Waals surface area contributed by atoms with Crippen molar-refractivity contribution in [1.82, 2.24) is 0 Å². The third-order valence-corrected chi connectivity index (χ3v) is 3.95. The Labute approximate surface area is 124 Å². The van der Waals surface area contributed by atoms with Gasteiger partial charge in [0.1, 0.15) is 0 Å². The van der Waals surface area contributed by atoms with E-state index in [-0.39, 0.29) is 35.5 Å². The van der Waals surface area contributed by atoms with Gasteiger partial charge < -0.3 is 5.73 Å². The van der Waals surface area contributed by atoms with Crippen molar-refractivity contribution >= 4 is 35.5 Å². The minimum atomic E-state index is -0.186. The summed E-state index contributed by atoms with van der Waals surface area (Å²) >= 11 is 0. The molecule has 86 valence electrons. The van der Waals surface area contributed by atoms with Crippen molar-refractivity contribution in [2.75, 3.05) is 0 Å². The molecular formula is C14H18NNaO. The summed E-state index contributed by atoms with van der Waals surface area (Å²) in [6.45, 7) is 0. The van der Waals surface area contributed by atoms with Crippen molar-refractivity contribution in [3.63, 3.8) is 0 Å². The van der Waals surface area contributed by atoms with Crippen LogP contribution in [-0.2, 0) is 36.9 Å². The van der Waals surface area contributed by atoms with Gasteiger partial charge in [0.25, 0.3) is 0 Å². The summed E-state index contributed by atoms with van der Waals surface area (Å²) in [4.78, 5) is 11.2. The van der Waals surface area contributed by atoms with E-state index in [1.54, 1.807) is 0 Å². The fourth-order valence-electron chi connectivity index (χ4n) is 3.32. The van der Waals surface area contributed by atoms with Crippen LogP contribution in [0.2, 0.25) is 0 Å². The van der Waals surface area contributed by atoms with E-state index in [1.165, 1.54) is 53.5 Å². The summed E-state index contributed by atoms with van der Waals surface area (Å²) in [5.74, 6) is -0.186. The van der Waals surface area contributed by atoms with E-state index in [1.807, 2.05) is 0 Å². The monoisotopic (exact) mass is 239 g/mol. The first-order valence-corrected chi connectivity index (χ1v) is 6.19. The fraction of sp³-hybridized carbons (Fsp3) is 0.500. The molecule has 0 aliphatic heterocycles. The average Bonchev–Trinajstić information content (AvgIpc) is 2.83. The Bertz CT molecular complexity index is 436. The Morgan fingerprint density at radius 2 is 1.59 bits per heavy atom. The van der Waals surface area contributed by atoms with Crippen LogP contribution in [0.15, 0.2) is 6.07 Å². The second-order valence-electron chi connectivity index (χ2n) is 4.98. The maximum absolute atomic E-state index is 11.2. The van der Waals surface area contributed by atoms with Crippen LogP contribution in [0.5, 0.6) is 0 Å². The first kappa shape index (κ1) is 13.1. The Morgan fingerprint density at radius 1 is 1.06 bits per heavy atom. The van der Waals surface area contributed by atoms with Crippen LogP contribution in [0, 0.1) is 0 Å². The van der Waals surface area contributed by atoms with Crippen molar-refractivity contribution in [1.29, 1.82) is 0 Å². The molecule has 0 bridgehead atoms. The predicted octanol–water partition coefficient (Wildman–Crippen LogP) is 1.04. The second kappa shape index (κ2) is 5.13. The number of carbonyl (C=O) groups is 1. The Balaban J connectivity index is 0.00000108. The number of primary amides is 1. The first-order valence-electron chi connectivity index (χ1n) is 6.19. The Morgan fingerprint density at radius 3 is 2.06 bits per heavy atom. The summed E-state index contributed by atoms with van der Waals surface area (Å²) in [5.41, 5.74) is 12.5. The van der Waals surface area contributed by atoms with Crippen molar-refractivity contribution in [2.24, 2.45) is 5.73 Å². The van der Waals surface area contributed by atoms with Gasteiger partial charge in [0.15, 0.2) is 0 Å². The number of nitrogens with two attached hydrogens (primary N) is 1. The second-order valence-corrected chi connectivity index (χ2v) is 4.98. The number of amides is 1. The molecule has 0 saturated heterocycles. The fourth-order valence-corrected chi connectivity index (χ4v) is 3.32. The number of hydrogen-bond acceptors (Lipinski definition) is 1. The van der Waals surface area contributed by atoms with Crippen molar-refractivity contribution in [3.8, 4) is 0 Å². The predicted molar refractivity (Wildman–Crippen MR) is 70.5 cm³/mol. The van der Waals surface area contributed by atoms with Crippen LogP contribution >= 0.6 is 0 Å². The van der Waals surface area contributed by atoms with Crippen LogP contribution < -0.4 is 5.73 Å². The van der Waals surface area contributed by atoms with Crippen molar-refractivity contribution < 1.29 is 4.79 Å². The van der Waals surface area contributed by atoms with E-state index in [9.17, 15) is 4.79 Å². The van der Waals surface area contributed by atoms with E-state index >= 15 is 0 Å². The number of aryl methyl sites for hydroxylation is 2. The quantitative estimate of drug-likeness (QED) is 0.770. The molecule has 3 rings (SSSR count). The summed E-state index contributed by atoms with van der Waals surface area (Å²) in [5, 5.41) is 0. The number of hydrogen-bond donors (Lipinski definition) is 1. The van der Waals surface area contributed by atoms with Crippen molar-refractivity contribution in [2.45, 2.75) is 44.9 Å². The van der Waals surface area contributed by atoms with Crippen LogP contribution in [0.1, 0.15) is 40.7 Å². The van der Waals surface area contributed by atoms with Gasteiger partial charge in [-0.15, -0.1) is 0 Å². The molecule has 0 saturated carbocycles. The number of rotatable bonds is 2. The van der Waals surface area contributed by atoms with Gasteiger partial charge in [0, 0.05) is 0 Å². The molecule has 0 fully saturated rings. The topological polar surface area (TPSA) is 43.1 Å². The summed E-state index contributed by atoms with van der Waals surface area (Å²) in [6.07, 6.45) is 7.60. The molecule has 1 amide bonds. The molecule has 2 aliphatic rings. The number of fused-ring (bicyclic) bond motifs is 2. The van der Waals surface area contributed by atoms with E-state index in [2.05, 4.69) is 6.07 Å². The summed E-state index contributed by atoms with van der Waals surface area (Å²) < 4.78 is 0. The Hall–Kier alpha value is -0.310. The van der Waals surface area contributed by atoms with Gasteiger partial charge in [-0.25, -0.2) is 0 Å². The molecular weight excluding hydrogens is 221 g/mol. The molecule has 1 aromatic carbocycles. The molecule has 0 aromatic heterocycles. The van der Waals surface area contributed by atoms with Crippen LogP contribution in [0.3, 0.4) is 0 Å². The molecule has 0 radical (unpaired) electrons. The molecule has 0 unspecified atom stereocenters. The molecule has 0 heterocycles. The average molecular weight is 239 g/mol. The summed E-state index contributed by atoms with van der Waals surface area (Å²) in [6, 6.07) is 2.38. The van der Waals surface area contributed by atoms with Crippen molar-refractivity contribution in [3.05, 3.63) is 33.9 Å². The third-order valence-electron chi connectivity index (χ3n) is 3.95. The van der Waals surface area contributed by atoms with Crippen LogP contribution in [0.25, 0.3) is 0 Å². The molecule has 1 aromatic rings. The molecule has 3 heteroatoms. The van der Waals surface area contributed by atoms with Gasteiger partial charge in [0.2, 0.25) is 5.91 Å². The first-order chi connectivity index (χ1) is 7.75. The van der Waals surface area contributed by atoms with E-state index in [4.69, 9.17) is 5.73 Å². The minimum absolute atomic E-state index is 0. The van der Waals surface area contributed by atoms with Gasteiger partial charge >= 0.3 is 29.6 Å². The summed E-state index contributed by atoms with van der Waals surface area (Å²) in [7, 11) is 0. The molecule has 2 N–H and O–H groups in total. The zero-order chi connectivity index (χ0) is 11.1. The molecule has 2 nitrogen and oxygen atoms in total. The molecule has 17 heavy (non-hydrogen) atoms. The maximum atomic E-state index is 11.2. The Kier molecular flexibility index (Phi) is 3.96. The van der Waals surface area contributed by atoms with Crippen LogP contribution in [-0.4, -0.2) is 35.5 Å². The van der Waals surface area contributed by atoms with E-state index in [0.717, 1.165) is 12.8 Å². The number of carbonyl (C=O) groups excluding carboxylic acids is 1. The van der Waals surface area contributed by atoms with Gasteiger partial charge in [-0.2, -0.15) is 0 Å². The van der Waals surface area contributed by atoms with Gasteiger partial charge in [-0.05, 0) is 66.3 Å². The van der Waals surface area contributed by atoms with Gasteiger partial charge in [0.05, 0.1) is 6.42 Å². The van der Waals surface area contributed by atoms with Gasteiger partial charge in [-0.1, -0.05) is 6.07 Å². The molecule has 0 atom stereocenters. The zero-order valence-electron chi connectivity index (χ0n) is 9.51. The number of benzene rings is 1. The van der Waals surface area contributed by atoms with Gasteiger partial charge in [-0.3, -0.25) is 4.79 Å². The van der Waals surface area contributed by atoms with Crippen LogP contribution in [0.4, 0.5) is 0 Å². The third kappa shape index (κ3) is 2.31. The van der Waals surface area contributed by atoms with E-state index < -0.39 is 0 Å². The normalized spacial score (nSPS) is 16.2. The standard InChI is InChI=1S/C14H17NO.Na.H/c15-14(16)8-13-11-5-1-3-9(11)7-10-4-2-6-12(10)13;;/h7H,1-6,8H2,(H2,15,16);;. The SMILES string of the molecule is NC(=O)Cc1c2c(cc3c1CCC3)CCC2.[NaH]. The zero-order valence-corrected chi connectivity index (χ0v) is 9.51. The van der Waals surface area contributed by atoms with E-state index in [0.29, 0.717) is 6.42 Å². The molecule has 0 spiro atoms.